The Kier molecular flexibility index (Phi) is 3.80. The highest BCUT2D eigenvalue weighted by Crippen LogP contribution is 2.17. The first-order chi connectivity index (χ1) is 9.33. The molecule has 2 aliphatic heterocycles. The third-order valence-corrected chi connectivity index (χ3v) is 3.84. The Hall–Kier alpha value is -1.39. The van der Waals surface area contributed by atoms with E-state index in [4.69, 9.17) is 4.74 Å². The Morgan fingerprint density at radius 2 is 2.21 bits per heavy atom. The van der Waals surface area contributed by atoms with E-state index in [0.717, 1.165) is 37.9 Å². The zero-order valence-corrected chi connectivity index (χ0v) is 11.1. The van der Waals surface area contributed by atoms with Gasteiger partial charge in [-0.1, -0.05) is 18.2 Å². The summed E-state index contributed by atoms with van der Waals surface area (Å²) in [5.41, 5.74) is 3.87. The normalized spacial score (nSPS) is 22.0. The van der Waals surface area contributed by atoms with E-state index in [1.54, 1.807) is 0 Å². The molecule has 1 saturated heterocycles. The number of fused-ring (bicyclic) bond motifs is 1. The van der Waals surface area contributed by atoms with Crippen LogP contribution in [0.5, 0.6) is 0 Å². The van der Waals surface area contributed by atoms with Crippen molar-refractivity contribution >= 4 is 5.91 Å². The van der Waals surface area contributed by atoms with Crippen molar-refractivity contribution in [3.63, 3.8) is 0 Å². The molecule has 19 heavy (non-hydrogen) atoms. The summed E-state index contributed by atoms with van der Waals surface area (Å²) in [5.74, 6) is 0.0262. The maximum Gasteiger partial charge on any atom is 0.249 e. The lowest BCUT2D eigenvalue weighted by Crippen LogP contribution is -2.37. The number of carbonyl (C=O) groups is 1. The SMILES string of the molecule is O=C(NCc1ccc2c(c1)CNC2)C1CCCCO1. The van der Waals surface area contributed by atoms with Crippen LogP contribution in [0.4, 0.5) is 0 Å². The Balaban J connectivity index is 1.55. The van der Waals surface area contributed by atoms with Gasteiger partial charge < -0.3 is 15.4 Å². The standard InChI is InChI=1S/C15H20N2O2/c18-15(14-3-1-2-6-19-14)17-8-11-4-5-12-9-16-10-13(12)7-11/h4-5,7,14,16H,1-3,6,8-10H2,(H,17,18). The zero-order chi connectivity index (χ0) is 13.1. The van der Waals surface area contributed by atoms with Gasteiger partial charge in [0.15, 0.2) is 0 Å². The minimum atomic E-state index is -0.246. The molecule has 0 saturated carbocycles. The first-order valence-corrected chi connectivity index (χ1v) is 7.03. The zero-order valence-electron chi connectivity index (χ0n) is 11.1. The van der Waals surface area contributed by atoms with Gasteiger partial charge in [-0.25, -0.2) is 0 Å². The van der Waals surface area contributed by atoms with Crippen LogP contribution in [0.2, 0.25) is 0 Å². The lowest BCUT2D eigenvalue weighted by atomic mass is 10.1. The van der Waals surface area contributed by atoms with E-state index in [-0.39, 0.29) is 12.0 Å². The van der Waals surface area contributed by atoms with E-state index in [1.807, 2.05) is 0 Å². The summed E-state index contributed by atoms with van der Waals surface area (Å²) >= 11 is 0. The van der Waals surface area contributed by atoms with Crippen molar-refractivity contribution in [1.82, 2.24) is 10.6 Å². The first kappa shape index (κ1) is 12.6. The van der Waals surface area contributed by atoms with Crippen molar-refractivity contribution < 1.29 is 9.53 Å². The molecule has 1 unspecified atom stereocenters. The van der Waals surface area contributed by atoms with Crippen LogP contribution < -0.4 is 10.6 Å². The van der Waals surface area contributed by atoms with E-state index in [1.165, 1.54) is 11.1 Å². The van der Waals surface area contributed by atoms with Crippen LogP contribution in [0.3, 0.4) is 0 Å². The molecule has 102 valence electrons. The quantitative estimate of drug-likeness (QED) is 0.865. The van der Waals surface area contributed by atoms with Gasteiger partial charge in [0.1, 0.15) is 6.10 Å². The van der Waals surface area contributed by atoms with Crippen LogP contribution in [0, 0.1) is 0 Å². The third-order valence-electron chi connectivity index (χ3n) is 3.84. The molecule has 1 aromatic carbocycles. The highest BCUT2D eigenvalue weighted by Gasteiger charge is 2.21. The second-order valence-corrected chi connectivity index (χ2v) is 5.28. The predicted octanol–water partition coefficient (Wildman–Crippen LogP) is 1.48. The highest BCUT2D eigenvalue weighted by atomic mass is 16.5. The minimum Gasteiger partial charge on any atom is -0.368 e. The first-order valence-electron chi connectivity index (χ1n) is 7.03. The maximum atomic E-state index is 12.0. The molecular weight excluding hydrogens is 240 g/mol. The lowest BCUT2D eigenvalue weighted by molar-refractivity contribution is -0.135. The van der Waals surface area contributed by atoms with Crippen molar-refractivity contribution in [2.45, 2.75) is 45.0 Å². The summed E-state index contributed by atoms with van der Waals surface area (Å²) in [7, 11) is 0. The van der Waals surface area contributed by atoms with Gasteiger partial charge in [-0.3, -0.25) is 4.79 Å². The number of hydrogen-bond donors (Lipinski definition) is 2. The van der Waals surface area contributed by atoms with Crippen molar-refractivity contribution in [3.05, 3.63) is 34.9 Å². The number of amides is 1. The van der Waals surface area contributed by atoms with Crippen LogP contribution in [0.25, 0.3) is 0 Å². The van der Waals surface area contributed by atoms with Crippen molar-refractivity contribution in [3.8, 4) is 0 Å². The molecule has 0 aliphatic carbocycles. The second-order valence-electron chi connectivity index (χ2n) is 5.28. The fraction of sp³-hybridized carbons (Fsp3) is 0.533. The van der Waals surface area contributed by atoms with Crippen molar-refractivity contribution in [2.75, 3.05) is 6.61 Å². The van der Waals surface area contributed by atoms with Crippen molar-refractivity contribution in [1.29, 1.82) is 0 Å². The van der Waals surface area contributed by atoms with E-state index in [2.05, 4.69) is 28.8 Å². The average Bonchev–Trinajstić information content (AvgIpc) is 2.93. The molecule has 0 aromatic heterocycles. The predicted molar refractivity (Wildman–Crippen MR) is 72.4 cm³/mol. The van der Waals surface area contributed by atoms with Gasteiger partial charge >= 0.3 is 0 Å². The fourth-order valence-electron chi connectivity index (χ4n) is 2.71. The van der Waals surface area contributed by atoms with Crippen molar-refractivity contribution in [2.24, 2.45) is 0 Å². The van der Waals surface area contributed by atoms with Crippen LogP contribution in [0.1, 0.15) is 36.0 Å². The van der Waals surface area contributed by atoms with Crippen LogP contribution in [-0.4, -0.2) is 18.6 Å². The molecule has 2 N–H and O–H groups in total. The number of nitrogens with one attached hydrogen (secondary N) is 2. The summed E-state index contributed by atoms with van der Waals surface area (Å²) in [6.07, 6.45) is 2.76. The number of carbonyl (C=O) groups excluding carboxylic acids is 1. The average molecular weight is 260 g/mol. The molecule has 3 rings (SSSR count). The van der Waals surface area contributed by atoms with Gasteiger partial charge in [-0.2, -0.15) is 0 Å². The summed E-state index contributed by atoms with van der Waals surface area (Å²) in [4.78, 5) is 12.0. The minimum absolute atomic E-state index is 0.0262. The fourth-order valence-corrected chi connectivity index (χ4v) is 2.71. The monoisotopic (exact) mass is 260 g/mol. The van der Waals surface area contributed by atoms with Crippen LogP contribution in [0.15, 0.2) is 18.2 Å². The summed E-state index contributed by atoms with van der Waals surface area (Å²) < 4.78 is 5.48. The molecule has 4 nitrogen and oxygen atoms in total. The smallest absolute Gasteiger partial charge is 0.249 e. The van der Waals surface area contributed by atoms with E-state index < -0.39 is 0 Å². The Morgan fingerprint density at radius 1 is 1.32 bits per heavy atom. The molecule has 4 heteroatoms. The summed E-state index contributed by atoms with van der Waals surface area (Å²) in [6.45, 7) is 3.19. The number of hydrogen-bond acceptors (Lipinski definition) is 3. The molecule has 2 heterocycles. The van der Waals surface area contributed by atoms with Gasteiger partial charge in [0, 0.05) is 26.2 Å². The summed E-state index contributed by atoms with van der Waals surface area (Å²) in [6, 6.07) is 6.42. The Labute approximate surface area is 113 Å². The Morgan fingerprint density at radius 3 is 3.05 bits per heavy atom. The van der Waals surface area contributed by atoms with E-state index in [0.29, 0.717) is 13.2 Å². The highest BCUT2D eigenvalue weighted by molar-refractivity contribution is 5.80. The van der Waals surface area contributed by atoms with Crippen LogP contribution in [-0.2, 0) is 29.2 Å². The number of rotatable bonds is 3. The second kappa shape index (κ2) is 5.72. The number of benzene rings is 1. The summed E-state index contributed by atoms with van der Waals surface area (Å²) in [5, 5.41) is 6.30. The molecule has 0 bridgehead atoms. The van der Waals surface area contributed by atoms with Crippen LogP contribution >= 0.6 is 0 Å². The molecule has 0 radical (unpaired) electrons. The largest absolute Gasteiger partial charge is 0.368 e. The van der Waals surface area contributed by atoms with Gasteiger partial charge in [-0.05, 0) is 36.0 Å². The lowest BCUT2D eigenvalue weighted by Gasteiger charge is -2.21. The number of ether oxygens (including phenoxy) is 1. The Bertz CT molecular complexity index is 467. The molecular formula is C15H20N2O2. The van der Waals surface area contributed by atoms with Gasteiger partial charge in [0.25, 0.3) is 0 Å². The molecule has 1 aromatic rings. The van der Waals surface area contributed by atoms with Gasteiger partial charge in [0.05, 0.1) is 0 Å². The third kappa shape index (κ3) is 2.96. The molecule has 1 fully saturated rings. The van der Waals surface area contributed by atoms with E-state index >= 15 is 0 Å². The molecule has 2 aliphatic rings. The topological polar surface area (TPSA) is 50.4 Å². The molecule has 1 amide bonds. The van der Waals surface area contributed by atoms with Gasteiger partial charge in [0.2, 0.25) is 5.91 Å². The molecule has 1 atom stereocenters. The molecule has 0 spiro atoms. The van der Waals surface area contributed by atoms with E-state index in [9.17, 15) is 4.79 Å². The maximum absolute atomic E-state index is 12.0. The van der Waals surface area contributed by atoms with Gasteiger partial charge in [-0.15, -0.1) is 0 Å².